The molecule has 2 aromatic rings. The van der Waals surface area contributed by atoms with Gasteiger partial charge in [-0.25, -0.2) is 0 Å². The van der Waals surface area contributed by atoms with Gasteiger partial charge in [-0.2, -0.15) is 4.98 Å². The molecule has 1 aromatic heterocycles. The summed E-state index contributed by atoms with van der Waals surface area (Å²) in [4.78, 5) is 6.83. The third-order valence-corrected chi connectivity index (χ3v) is 3.63. The largest absolute Gasteiger partial charge is 0.362 e. The number of anilines is 1. The van der Waals surface area contributed by atoms with Gasteiger partial charge in [-0.1, -0.05) is 37.2 Å². The number of fused-ring (bicyclic) bond motifs is 1. The van der Waals surface area contributed by atoms with Crippen molar-refractivity contribution in [2.24, 2.45) is 5.92 Å². The second kappa shape index (κ2) is 6.26. The maximum absolute atomic E-state index is 5.33. The predicted octanol–water partition coefficient (Wildman–Crippen LogP) is 2.38. The number of nitrogens with one attached hydrogen (secondary N) is 1. The molecule has 2 heterocycles. The molecular formula is C16H22N4O. The van der Waals surface area contributed by atoms with Gasteiger partial charge in [-0.05, 0) is 17.5 Å². The van der Waals surface area contributed by atoms with E-state index in [4.69, 9.17) is 4.52 Å². The van der Waals surface area contributed by atoms with Crippen LogP contribution in [0.3, 0.4) is 0 Å². The van der Waals surface area contributed by atoms with Gasteiger partial charge < -0.3 is 14.7 Å². The van der Waals surface area contributed by atoms with Crippen LogP contribution in [0.1, 0.15) is 31.1 Å². The highest BCUT2D eigenvalue weighted by Gasteiger charge is 2.17. The number of para-hydroxylation sites is 1. The number of hydrogen-bond donors (Lipinski definition) is 1. The van der Waals surface area contributed by atoms with E-state index in [1.165, 1.54) is 11.3 Å². The topological polar surface area (TPSA) is 54.2 Å². The van der Waals surface area contributed by atoms with E-state index in [9.17, 15) is 0 Å². The molecule has 5 nitrogen and oxygen atoms in total. The summed E-state index contributed by atoms with van der Waals surface area (Å²) < 4.78 is 5.33. The Hall–Kier alpha value is -1.88. The molecule has 0 amide bonds. The molecule has 1 aliphatic heterocycles. The van der Waals surface area contributed by atoms with E-state index in [0.717, 1.165) is 37.8 Å². The van der Waals surface area contributed by atoms with Gasteiger partial charge in [-0.3, -0.25) is 0 Å². The normalized spacial score (nSPS) is 15.1. The standard InChI is InChI=1S/C16H22N4O/c1-12(2)9-16-18-15(19-21-16)11-20-8-7-17-10-13-5-3-4-6-14(13)20/h3-6,12,17H,7-11H2,1-2H3. The zero-order valence-corrected chi connectivity index (χ0v) is 12.7. The molecule has 0 unspecified atom stereocenters. The van der Waals surface area contributed by atoms with Gasteiger partial charge in [0.25, 0.3) is 0 Å². The van der Waals surface area contributed by atoms with Crippen LogP contribution >= 0.6 is 0 Å². The van der Waals surface area contributed by atoms with Gasteiger partial charge in [0.15, 0.2) is 5.82 Å². The summed E-state index contributed by atoms with van der Waals surface area (Å²) in [5.74, 6) is 2.03. The van der Waals surface area contributed by atoms with Crippen LogP contribution < -0.4 is 10.2 Å². The minimum Gasteiger partial charge on any atom is -0.362 e. The maximum atomic E-state index is 5.33. The molecule has 0 spiro atoms. The van der Waals surface area contributed by atoms with Gasteiger partial charge in [0.1, 0.15) is 0 Å². The molecule has 1 aliphatic rings. The SMILES string of the molecule is CC(C)Cc1nc(CN2CCNCc3ccccc32)no1. The molecule has 0 fully saturated rings. The third kappa shape index (κ3) is 3.42. The van der Waals surface area contributed by atoms with Crippen LogP contribution in [0.5, 0.6) is 0 Å². The first-order valence-corrected chi connectivity index (χ1v) is 7.57. The number of rotatable bonds is 4. The summed E-state index contributed by atoms with van der Waals surface area (Å²) in [6, 6.07) is 8.50. The monoisotopic (exact) mass is 286 g/mol. The van der Waals surface area contributed by atoms with Gasteiger partial charge in [0.05, 0.1) is 6.54 Å². The van der Waals surface area contributed by atoms with Crippen LogP contribution in [-0.4, -0.2) is 23.2 Å². The third-order valence-electron chi connectivity index (χ3n) is 3.63. The van der Waals surface area contributed by atoms with Crippen molar-refractivity contribution < 1.29 is 4.52 Å². The van der Waals surface area contributed by atoms with E-state index in [1.54, 1.807) is 0 Å². The lowest BCUT2D eigenvalue weighted by Gasteiger charge is -2.22. The predicted molar refractivity (Wildman–Crippen MR) is 82.0 cm³/mol. The van der Waals surface area contributed by atoms with Gasteiger partial charge in [0.2, 0.25) is 5.89 Å². The average molecular weight is 286 g/mol. The lowest BCUT2D eigenvalue weighted by molar-refractivity contribution is 0.358. The molecule has 5 heteroatoms. The lowest BCUT2D eigenvalue weighted by Crippen LogP contribution is -2.28. The molecule has 1 aromatic carbocycles. The smallest absolute Gasteiger partial charge is 0.226 e. The summed E-state index contributed by atoms with van der Waals surface area (Å²) in [6.45, 7) is 7.83. The summed E-state index contributed by atoms with van der Waals surface area (Å²) in [5.41, 5.74) is 2.58. The number of benzene rings is 1. The molecule has 0 aliphatic carbocycles. The van der Waals surface area contributed by atoms with Gasteiger partial charge in [0, 0.05) is 31.7 Å². The van der Waals surface area contributed by atoms with E-state index in [0.29, 0.717) is 12.5 Å². The molecule has 21 heavy (non-hydrogen) atoms. The lowest BCUT2D eigenvalue weighted by atomic mass is 10.1. The quantitative estimate of drug-likeness (QED) is 0.935. The van der Waals surface area contributed by atoms with Crippen LogP contribution in [-0.2, 0) is 19.5 Å². The first kappa shape index (κ1) is 14.1. The zero-order valence-electron chi connectivity index (χ0n) is 12.7. The molecule has 0 radical (unpaired) electrons. The Morgan fingerprint density at radius 3 is 3.05 bits per heavy atom. The Kier molecular flexibility index (Phi) is 4.20. The fourth-order valence-electron chi connectivity index (χ4n) is 2.65. The molecule has 112 valence electrons. The second-order valence-corrected chi connectivity index (χ2v) is 5.93. The van der Waals surface area contributed by atoms with Crippen molar-refractivity contribution in [2.45, 2.75) is 33.4 Å². The highest BCUT2D eigenvalue weighted by molar-refractivity contribution is 5.54. The minimum atomic E-state index is 0.529. The number of nitrogens with zero attached hydrogens (tertiary/aromatic N) is 3. The van der Waals surface area contributed by atoms with Crippen molar-refractivity contribution in [2.75, 3.05) is 18.0 Å². The number of aromatic nitrogens is 2. The van der Waals surface area contributed by atoms with Gasteiger partial charge in [-0.15, -0.1) is 0 Å². The van der Waals surface area contributed by atoms with Crippen molar-refractivity contribution >= 4 is 5.69 Å². The summed E-state index contributed by atoms with van der Waals surface area (Å²) in [6.07, 6.45) is 0.838. The van der Waals surface area contributed by atoms with E-state index in [2.05, 4.69) is 58.5 Å². The van der Waals surface area contributed by atoms with Crippen LogP contribution in [0, 0.1) is 5.92 Å². The van der Waals surface area contributed by atoms with Crippen LogP contribution in [0.25, 0.3) is 0 Å². The molecule has 0 atom stereocenters. The molecule has 1 N–H and O–H groups in total. The Bertz CT molecular complexity index is 593. The molecule has 0 saturated heterocycles. The van der Waals surface area contributed by atoms with E-state index >= 15 is 0 Å². The zero-order chi connectivity index (χ0) is 14.7. The highest BCUT2D eigenvalue weighted by Crippen LogP contribution is 2.23. The summed E-state index contributed by atoms with van der Waals surface area (Å²) >= 11 is 0. The van der Waals surface area contributed by atoms with Crippen LogP contribution in [0.15, 0.2) is 28.8 Å². The first-order valence-electron chi connectivity index (χ1n) is 7.57. The van der Waals surface area contributed by atoms with Crippen LogP contribution in [0.2, 0.25) is 0 Å². The van der Waals surface area contributed by atoms with Crippen molar-refractivity contribution in [3.63, 3.8) is 0 Å². The fraction of sp³-hybridized carbons (Fsp3) is 0.500. The Balaban J connectivity index is 1.76. The Labute approximate surface area is 125 Å². The summed E-state index contributed by atoms with van der Waals surface area (Å²) in [5, 5.41) is 7.56. The molecular weight excluding hydrogens is 264 g/mol. The molecule has 0 saturated carbocycles. The van der Waals surface area contributed by atoms with Crippen molar-refractivity contribution in [1.29, 1.82) is 0 Å². The average Bonchev–Trinajstić information content (AvgIpc) is 2.78. The highest BCUT2D eigenvalue weighted by atomic mass is 16.5. The Morgan fingerprint density at radius 2 is 2.19 bits per heavy atom. The Morgan fingerprint density at radius 1 is 1.33 bits per heavy atom. The van der Waals surface area contributed by atoms with E-state index in [1.807, 2.05) is 0 Å². The van der Waals surface area contributed by atoms with Crippen molar-refractivity contribution in [3.05, 3.63) is 41.5 Å². The maximum Gasteiger partial charge on any atom is 0.226 e. The van der Waals surface area contributed by atoms with Crippen molar-refractivity contribution in [1.82, 2.24) is 15.5 Å². The first-order chi connectivity index (χ1) is 10.2. The van der Waals surface area contributed by atoms with Crippen molar-refractivity contribution in [3.8, 4) is 0 Å². The molecule has 0 bridgehead atoms. The molecule has 3 rings (SSSR count). The minimum absolute atomic E-state index is 0.529. The summed E-state index contributed by atoms with van der Waals surface area (Å²) in [7, 11) is 0. The van der Waals surface area contributed by atoms with Gasteiger partial charge >= 0.3 is 0 Å². The van der Waals surface area contributed by atoms with Crippen LogP contribution in [0.4, 0.5) is 5.69 Å². The fourth-order valence-corrected chi connectivity index (χ4v) is 2.65. The van der Waals surface area contributed by atoms with E-state index < -0.39 is 0 Å². The number of hydrogen-bond acceptors (Lipinski definition) is 5. The van der Waals surface area contributed by atoms with E-state index in [-0.39, 0.29) is 0 Å². The second-order valence-electron chi connectivity index (χ2n) is 5.93.